The average Bonchev–Trinajstić information content (AvgIpc) is 2.56. The van der Waals surface area contributed by atoms with Gasteiger partial charge in [-0.3, -0.25) is 9.36 Å². The lowest BCUT2D eigenvalue weighted by Gasteiger charge is -2.26. The summed E-state index contributed by atoms with van der Waals surface area (Å²) < 4.78 is 2.08. The van der Waals surface area contributed by atoms with Crippen molar-refractivity contribution >= 4 is 38.6 Å². The first-order valence-electron chi connectivity index (χ1n) is 7.59. The maximum Gasteiger partial charge on any atom is 0.194 e. The zero-order valence-electron chi connectivity index (χ0n) is 12.3. The lowest BCUT2D eigenvalue weighted by Crippen LogP contribution is -2.24. The van der Waals surface area contributed by atoms with Crippen LogP contribution in [0.3, 0.4) is 0 Å². The van der Waals surface area contributed by atoms with Gasteiger partial charge in [-0.15, -0.1) is 0 Å². The molecule has 0 amide bonds. The molecule has 116 valence electrons. The molecule has 1 atom stereocenters. The lowest BCUT2D eigenvalue weighted by molar-refractivity contribution is 0.646. The SMILES string of the molecule is O=c1c2c(n(-c3cccc(Cl)c3)c3ncccc13)C(Br)CCC2. The molecule has 2 heterocycles. The Kier molecular flexibility index (Phi) is 3.74. The summed E-state index contributed by atoms with van der Waals surface area (Å²) in [6.45, 7) is 0. The number of fused-ring (bicyclic) bond motifs is 2. The first kappa shape index (κ1) is 14.9. The Morgan fingerprint density at radius 3 is 2.96 bits per heavy atom. The summed E-state index contributed by atoms with van der Waals surface area (Å²) in [4.78, 5) is 17.5. The normalized spacial score (nSPS) is 17.2. The van der Waals surface area contributed by atoms with Gasteiger partial charge in [0.2, 0.25) is 0 Å². The highest BCUT2D eigenvalue weighted by atomic mass is 79.9. The van der Waals surface area contributed by atoms with Crippen LogP contribution in [-0.4, -0.2) is 9.55 Å². The molecule has 1 aliphatic rings. The zero-order chi connectivity index (χ0) is 16.0. The Bertz CT molecular complexity index is 967. The van der Waals surface area contributed by atoms with Crippen LogP contribution < -0.4 is 5.43 Å². The minimum atomic E-state index is 0.102. The summed E-state index contributed by atoms with van der Waals surface area (Å²) in [5.74, 6) is 0. The van der Waals surface area contributed by atoms with Gasteiger partial charge in [0.05, 0.1) is 10.2 Å². The summed E-state index contributed by atoms with van der Waals surface area (Å²) in [6.07, 6.45) is 4.55. The Balaban J connectivity index is 2.19. The predicted molar refractivity (Wildman–Crippen MR) is 97.0 cm³/mol. The number of aromatic nitrogens is 2. The second-order valence-corrected chi connectivity index (χ2v) is 7.28. The van der Waals surface area contributed by atoms with Gasteiger partial charge in [0.25, 0.3) is 0 Å². The third-order valence-electron chi connectivity index (χ3n) is 4.31. The van der Waals surface area contributed by atoms with Gasteiger partial charge in [0.1, 0.15) is 5.65 Å². The van der Waals surface area contributed by atoms with Crippen molar-refractivity contribution in [3.05, 3.63) is 69.1 Å². The Morgan fingerprint density at radius 2 is 2.13 bits per heavy atom. The molecule has 0 radical (unpaired) electrons. The van der Waals surface area contributed by atoms with E-state index in [0.717, 1.165) is 36.2 Å². The number of halogens is 2. The van der Waals surface area contributed by atoms with Crippen molar-refractivity contribution in [2.24, 2.45) is 0 Å². The number of pyridine rings is 2. The van der Waals surface area contributed by atoms with E-state index >= 15 is 0 Å². The van der Waals surface area contributed by atoms with Gasteiger partial charge in [0.15, 0.2) is 5.43 Å². The van der Waals surface area contributed by atoms with Gasteiger partial charge in [-0.25, -0.2) is 4.98 Å². The standard InChI is InChI=1S/C18H14BrClN2O/c19-15-8-2-6-13-16(15)22(12-5-1-4-11(20)10-12)18-14(17(13)23)7-3-9-21-18/h1,3-5,7,9-10,15H,2,6,8H2. The molecular weight excluding hydrogens is 376 g/mol. The fraction of sp³-hybridized carbons (Fsp3) is 0.222. The van der Waals surface area contributed by atoms with Crippen molar-refractivity contribution in [3.8, 4) is 5.69 Å². The fourth-order valence-corrected chi connectivity index (χ4v) is 4.31. The first-order chi connectivity index (χ1) is 11.2. The molecular formula is C18H14BrClN2O. The Morgan fingerprint density at radius 1 is 1.26 bits per heavy atom. The van der Waals surface area contributed by atoms with E-state index in [4.69, 9.17) is 11.6 Å². The molecule has 0 aliphatic heterocycles. The van der Waals surface area contributed by atoms with Crippen molar-refractivity contribution in [3.63, 3.8) is 0 Å². The molecule has 1 aromatic carbocycles. The third-order valence-corrected chi connectivity index (χ3v) is 5.44. The monoisotopic (exact) mass is 388 g/mol. The maximum atomic E-state index is 12.9. The van der Waals surface area contributed by atoms with Gasteiger partial charge in [-0.2, -0.15) is 0 Å². The highest BCUT2D eigenvalue weighted by Gasteiger charge is 2.26. The van der Waals surface area contributed by atoms with Gasteiger partial charge >= 0.3 is 0 Å². The second-order valence-electron chi connectivity index (χ2n) is 5.74. The smallest absolute Gasteiger partial charge is 0.194 e. The molecule has 3 nitrogen and oxygen atoms in total. The highest BCUT2D eigenvalue weighted by Crippen LogP contribution is 2.37. The van der Waals surface area contributed by atoms with Crippen molar-refractivity contribution in [2.75, 3.05) is 0 Å². The number of alkyl halides is 1. The van der Waals surface area contributed by atoms with Crippen molar-refractivity contribution in [1.29, 1.82) is 0 Å². The molecule has 1 unspecified atom stereocenters. The van der Waals surface area contributed by atoms with Crippen LogP contribution >= 0.6 is 27.5 Å². The van der Waals surface area contributed by atoms with E-state index in [2.05, 4.69) is 25.5 Å². The van der Waals surface area contributed by atoms with Crippen molar-refractivity contribution in [2.45, 2.75) is 24.1 Å². The Labute approximate surface area is 147 Å². The van der Waals surface area contributed by atoms with E-state index < -0.39 is 0 Å². The number of benzene rings is 1. The van der Waals surface area contributed by atoms with Crippen LogP contribution in [0.2, 0.25) is 5.02 Å². The highest BCUT2D eigenvalue weighted by molar-refractivity contribution is 9.09. The van der Waals surface area contributed by atoms with Gasteiger partial charge in [-0.1, -0.05) is 33.6 Å². The minimum absolute atomic E-state index is 0.102. The van der Waals surface area contributed by atoms with Gasteiger partial charge in [-0.05, 0) is 49.6 Å². The molecule has 4 rings (SSSR count). The van der Waals surface area contributed by atoms with Crippen molar-refractivity contribution in [1.82, 2.24) is 9.55 Å². The quantitative estimate of drug-likeness (QED) is 0.560. The molecule has 23 heavy (non-hydrogen) atoms. The van der Waals surface area contributed by atoms with Crippen LogP contribution in [0.15, 0.2) is 47.4 Å². The van der Waals surface area contributed by atoms with Gasteiger partial charge < -0.3 is 0 Å². The molecule has 0 spiro atoms. The summed E-state index contributed by atoms with van der Waals surface area (Å²) in [5.41, 5.74) is 3.62. The first-order valence-corrected chi connectivity index (χ1v) is 8.88. The molecule has 3 aromatic rings. The average molecular weight is 390 g/mol. The second kappa shape index (κ2) is 5.77. The molecule has 2 aromatic heterocycles. The number of hydrogen-bond donors (Lipinski definition) is 0. The van der Waals surface area contributed by atoms with E-state index in [9.17, 15) is 4.79 Å². The topological polar surface area (TPSA) is 34.9 Å². The molecule has 5 heteroatoms. The van der Waals surface area contributed by atoms with E-state index in [1.54, 1.807) is 6.20 Å². The van der Waals surface area contributed by atoms with E-state index in [1.807, 2.05) is 36.4 Å². The third kappa shape index (κ3) is 2.41. The summed E-state index contributed by atoms with van der Waals surface area (Å²) >= 11 is 9.94. The summed E-state index contributed by atoms with van der Waals surface area (Å²) in [7, 11) is 0. The predicted octanol–water partition coefficient (Wildman–Crippen LogP) is 4.81. The van der Waals surface area contributed by atoms with Crippen LogP contribution in [0, 0.1) is 0 Å². The zero-order valence-corrected chi connectivity index (χ0v) is 14.6. The van der Waals surface area contributed by atoms with Crippen molar-refractivity contribution < 1.29 is 0 Å². The molecule has 0 saturated carbocycles. The number of rotatable bonds is 1. The summed E-state index contributed by atoms with van der Waals surface area (Å²) in [5, 5.41) is 1.33. The lowest BCUT2D eigenvalue weighted by atomic mass is 9.93. The van der Waals surface area contributed by atoms with Gasteiger partial charge in [0, 0.05) is 28.2 Å². The van der Waals surface area contributed by atoms with Crippen LogP contribution in [0.4, 0.5) is 0 Å². The maximum absolute atomic E-state index is 12.9. The van der Waals surface area contributed by atoms with Crippen LogP contribution in [0.25, 0.3) is 16.7 Å². The van der Waals surface area contributed by atoms with E-state index in [0.29, 0.717) is 16.1 Å². The largest absolute Gasteiger partial charge is 0.297 e. The number of hydrogen-bond acceptors (Lipinski definition) is 2. The molecule has 0 bridgehead atoms. The minimum Gasteiger partial charge on any atom is -0.297 e. The molecule has 1 aliphatic carbocycles. The number of nitrogens with zero attached hydrogens (tertiary/aromatic N) is 2. The Hall–Kier alpha value is -1.65. The van der Waals surface area contributed by atoms with E-state index in [1.165, 1.54) is 0 Å². The molecule has 0 fully saturated rings. The molecule has 0 saturated heterocycles. The summed E-state index contributed by atoms with van der Waals surface area (Å²) in [6, 6.07) is 11.3. The van der Waals surface area contributed by atoms with Crippen LogP contribution in [0.5, 0.6) is 0 Å². The fourth-order valence-electron chi connectivity index (χ4n) is 3.32. The molecule has 0 N–H and O–H groups in total. The van der Waals surface area contributed by atoms with E-state index in [-0.39, 0.29) is 10.3 Å². The van der Waals surface area contributed by atoms with Crippen LogP contribution in [-0.2, 0) is 6.42 Å². The van der Waals surface area contributed by atoms with Crippen LogP contribution in [0.1, 0.15) is 28.9 Å².